The molecule has 1 N–H and O–H groups in total. The normalized spacial score (nSPS) is 16.0. The first-order valence-corrected chi connectivity index (χ1v) is 16.8. The number of carbonyl (C=O) groups is 3. The van der Waals surface area contributed by atoms with Crippen molar-refractivity contribution in [2.45, 2.75) is 25.4 Å². The molecule has 1 atom stereocenters. The number of pyridine rings is 2. The van der Waals surface area contributed by atoms with Gasteiger partial charge in [-0.2, -0.15) is 0 Å². The van der Waals surface area contributed by atoms with E-state index in [2.05, 4.69) is 15.3 Å². The van der Waals surface area contributed by atoms with Crippen LogP contribution in [0.2, 0.25) is 0 Å². The predicted octanol–water partition coefficient (Wildman–Crippen LogP) is 5.04. The number of amides is 3. The zero-order valence-corrected chi connectivity index (χ0v) is 27.9. The van der Waals surface area contributed by atoms with E-state index in [0.29, 0.717) is 50.6 Å². The molecule has 0 radical (unpaired) electrons. The number of carbonyl (C=O) groups excluding carboxylic acids is 3. The van der Waals surface area contributed by atoms with Crippen molar-refractivity contribution in [3.8, 4) is 33.3 Å². The SMILES string of the molecule is COc1ccc2nc(-c3ccc(-c4ccc(NCCOCCOc5ccc6c(c5)CN(C5CCC(=O)N(C)C5=O)C6=O)nc4)cn3)sc2c1. The van der Waals surface area contributed by atoms with Crippen LogP contribution in [0.5, 0.6) is 11.5 Å². The Kier molecular flexibility index (Phi) is 9.18. The fourth-order valence-electron chi connectivity index (χ4n) is 5.92. The Hall–Kier alpha value is -5.40. The number of ether oxygens (including phenoxy) is 3. The number of hydrogen-bond acceptors (Lipinski definition) is 11. The van der Waals surface area contributed by atoms with Crippen molar-refractivity contribution in [2.75, 3.05) is 45.8 Å². The second kappa shape index (κ2) is 14.0. The van der Waals surface area contributed by atoms with Gasteiger partial charge in [0.25, 0.3) is 11.8 Å². The Bertz CT molecular complexity index is 2020. The summed E-state index contributed by atoms with van der Waals surface area (Å²) in [5.74, 6) is 1.43. The Morgan fingerprint density at radius 3 is 2.51 bits per heavy atom. The summed E-state index contributed by atoms with van der Waals surface area (Å²) in [6.45, 7) is 2.09. The van der Waals surface area contributed by atoms with Gasteiger partial charge in [0.2, 0.25) is 5.91 Å². The van der Waals surface area contributed by atoms with Crippen LogP contribution in [0.15, 0.2) is 73.1 Å². The minimum atomic E-state index is -0.625. The van der Waals surface area contributed by atoms with Crippen LogP contribution >= 0.6 is 11.3 Å². The molecule has 7 rings (SSSR count). The van der Waals surface area contributed by atoms with Gasteiger partial charge in [0, 0.05) is 55.6 Å². The van der Waals surface area contributed by atoms with Gasteiger partial charge in [-0.15, -0.1) is 11.3 Å². The lowest BCUT2D eigenvalue weighted by atomic mass is 10.0. The summed E-state index contributed by atoms with van der Waals surface area (Å²) < 4.78 is 17.9. The first kappa shape index (κ1) is 32.2. The molecule has 12 nitrogen and oxygen atoms in total. The number of imide groups is 1. The average Bonchev–Trinajstić information content (AvgIpc) is 3.70. The number of methoxy groups -OCH3 is 1. The summed E-state index contributed by atoms with van der Waals surface area (Å²) in [4.78, 5) is 54.0. The number of likely N-dealkylation sites (N-methyl/N-ethyl adjacent to an activating group) is 1. The van der Waals surface area contributed by atoms with E-state index >= 15 is 0 Å². The van der Waals surface area contributed by atoms with Crippen LogP contribution in [0, 0.1) is 0 Å². The van der Waals surface area contributed by atoms with E-state index in [9.17, 15) is 14.4 Å². The van der Waals surface area contributed by atoms with Gasteiger partial charge in [0.05, 0.1) is 36.2 Å². The van der Waals surface area contributed by atoms with E-state index in [1.54, 1.807) is 35.5 Å². The summed E-state index contributed by atoms with van der Waals surface area (Å²) in [7, 11) is 3.12. The van der Waals surface area contributed by atoms with E-state index in [4.69, 9.17) is 19.2 Å². The highest BCUT2D eigenvalue weighted by atomic mass is 32.1. The first-order valence-electron chi connectivity index (χ1n) is 15.9. The highest BCUT2D eigenvalue weighted by molar-refractivity contribution is 7.21. The Balaban J connectivity index is 0.830. The zero-order chi connectivity index (χ0) is 33.9. The largest absolute Gasteiger partial charge is 0.497 e. The van der Waals surface area contributed by atoms with E-state index < -0.39 is 6.04 Å². The first-order chi connectivity index (χ1) is 23.9. The molecule has 0 saturated carbocycles. The maximum absolute atomic E-state index is 13.0. The number of benzene rings is 2. The van der Waals surface area contributed by atoms with Crippen molar-refractivity contribution >= 4 is 45.1 Å². The number of aromatic nitrogens is 3. The van der Waals surface area contributed by atoms with Gasteiger partial charge >= 0.3 is 0 Å². The van der Waals surface area contributed by atoms with Crippen molar-refractivity contribution in [1.82, 2.24) is 24.8 Å². The highest BCUT2D eigenvalue weighted by Gasteiger charge is 2.41. The van der Waals surface area contributed by atoms with Crippen molar-refractivity contribution in [2.24, 2.45) is 0 Å². The van der Waals surface area contributed by atoms with Gasteiger partial charge in [0.15, 0.2) is 0 Å². The molecular formula is C36H34N6O6S. The molecule has 2 aliphatic rings. The summed E-state index contributed by atoms with van der Waals surface area (Å²) in [6, 6.07) is 18.5. The van der Waals surface area contributed by atoms with E-state index in [1.165, 1.54) is 7.05 Å². The highest BCUT2D eigenvalue weighted by Crippen LogP contribution is 2.33. The molecule has 1 saturated heterocycles. The van der Waals surface area contributed by atoms with Gasteiger partial charge in [-0.3, -0.25) is 24.3 Å². The van der Waals surface area contributed by atoms with Crippen LogP contribution in [0.3, 0.4) is 0 Å². The molecule has 0 spiro atoms. The number of anilines is 1. The monoisotopic (exact) mass is 678 g/mol. The number of fused-ring (bicyclic) bond motifs is 2. The van der Waals surface area contributed by atoms with Gasteiger partial charge in [-0.1, -0.05) is 6.07 Å². The van der Waals surface area contributed by atoms with Crippen molar-refractivity contribution in [3.63, 3.8) is 0 Å². The van der Waals surface area contributed by atoms with Crippen LogP contribution in [0.4, 0.5) is 5.82 Å². The molecule has 2 aliphatic heterocycles. The lowest BCUT2D eigenvalue weighted by Crippen LogP contribution is -2.53. The summed E-state index contributed by atoms with van der Waals surface area (Å²) in [6.07, 6.45) is 4.24. The lowest BCUT2D eigenvalue weighted by molar-refractivity contribution is -0.150. The molecular weight excluding hydrogens is 644 g/mol. The zero-order valence-electron chi connectivity index (χ0n) is 27.0. The topological polar surface area (TPSA) is 136 Å². The molecule has 13 heteroatoms. The molecule has 250 valence electrons. The molecule has 49 heavy (non-hydrogen) atoms. The third kappa shape index (κ3) is 6.80. The van der Waals surface area contributed by atoms with Gasteiger partial charge in [-0.25, -0.2) is 9.97 Å². The van der Waals surface area contributed by atoms with Gasteiger partial charge in [0.1, 0.15) is 35.0 Å². The van der Waals surface area contributed by atoms with E-state index in [-0.39, 0.29) is 24.1 Å². The number of rotatable bonds is 12. The molecule has 2 aromatic carbocycles. The Morgan fingerprint density at radius 2 is 1.73 bits per heavy atom. The molecule has 3 aromatic heterocycles. The molecule has 0 bridgehead atoms. The summed E-state index contributed by atoms with van der Waals surface area (Å²) >= 11 is 1.58. The Morgan fingerprint density at radius 1 is 0.918 bits per heavy atom. The predicted molar refractivity (Wildman–Crippen MR) is 185 cm³/mol. The van der Waals surface area contributed by atoms with Gasteiger partial charge in [-0.05, 0) is 66.6 Å². The summed E-state index contributed by atoms with van der Waals surface area (Å²) in [5, 5.41) is 4.12. The third-order valence-electron chi connectivity index (χ3n) is 8.63. The quantitative estimate of drug-likeness (QED) is 0.141. The molecule has 3 amide bonds. The minimum Gasteiger partial charge on any atom is -0.497 e. The third-order valence-corrected chi connectivity index (χ3v) is 9.67. The molecule has 5 heterocycles. The maximum Gasteiger partial charge on any atom is 0.255 e. The molecule has 1 fully saturated rings. The second-order valence-electron chi connectivity index (χ2n) is 11.7. The second-order valence-corrected chi connectivity index (χ2v) is 12.7. The van der Waals surface area contributed by atoms with Crippen molar-refractivity contribution in [3.05, 3.63) is 84.2 Å². The average molecular weight is 679 g/mol. The lowest BCUT2D eigenvalue weighted by Gasteiger charge is -2.33. The maximum atomic E-state index is 13.0. The minimum absolute atomic E-state index is 0.197. The number of thiazole rings is 1. The van der Waals surface area contributed by atoms with Crippen LogP contribution in [0.25, 0.3) is 32.0 Å². The van der Waals surface area contributed by atoms with E-state index in [1.807, 2.05) is 60.9 Å². The fourth-order valence-corrected chi connectivity index (χ4v) is 6.89. The number of hydrogen-bond donors (Lipinski definition) is 1. The molecule has 1 unspecified atom stereocenters. The standard InChI is InChI=1S/C36H34N6O6S/c1-41-33(43)12-10-30(36(41)45)42-21-24-17-26(5-7-27(24)35(42)44)48-16-15-47-14-13-37-32-11-4-23(20-39-32)22-3-8-29(38-19-22)34-40-28-9-6-25(46-2)18-31(28)49-34/h3-9,11,17-20,30H,10,12-16,21H2,1-2H3,(H,37,39). The van der Waals surface area contributed by atoms with Crippen LogP contribution in [-0.2, 0) is 20.9 Å². The summed E-state index contributed by atoms with van der Waals surface area (Å²) in [5.41, 5.74) is 5.02. The number of likely N-dealkylation sites (tertiary alicyclic amines) is 1. The number of nitrogens with zero attached hydrogens (tertiary/aromatic N) is 5. The molecule has 0 aliphatic carbocycles. The molecule has 5 aromatic rings. The fraction of sp³-hybridized carbons (Fsp3) is 0.278. The van der Waals surface area contributed by atoms with Gasteiger partial charge < -0.3 is 24.4 Å². The Labute approximate surface area is 286 Å². The van der Waals surface area contributed by atoms with Crippen LogP contribution < -0.4 is 14.8 Å². The number of piperidine rings is 1. The van der Waals surface area contributed by atoms with Crippen molar-refractivity contribution in [1.29, 1.82) is 0 Å². The van der Waals surface area contributed by atoms with Crippen LogP contribution in [-0.4, -0.2) is 89.0 Å². The van der Waals surface area contributed by atoms with Crippen LogP contribution in [0.1, 0.15) is 28.8 Å². The van der Waals surface area contributed by atoms with E-state index in [0.717, 1.165) is 54.1 Å². The number of nitrogens with one attached hydrogen (secondary N) is 1. The van der Waals surface area contributed by atoms with Crippen molar-refractivity contribution < 1.29 is 28.6 Å². The smallest absolute Gasteiger partial charge is 0.255 e.